The van der Waals surface area contributed by atoms with Crippen LogP contribution in [0.5, 0.6) is 11.5 Å². The number of aromatic amines is 1. The lowest BCUT2D eigenvalue weighted by atomic mass is 9.86. The molecule has 0 saturated carbocycles. The molecule has 0 aliphatic carbocycles. The number of amides is 1. The summed E-state index contributed by atoms with van der Waals surface area (Å²) in [5.41, 5.74) is 7.10. The van der Waals surface area contributed by atoms with E-state index in [-0.39, 0.29) is 11.8 Å². The first-order valence-electron chi connectivity index (χ1n) is 12.3. The zero-order chi connectivity index (χ0) is 24.4. The fourth-order valence-electron chi connectivity index (χ4n) is 5.33. The molecule has 35 heavy (non-hydrogen) atoms. The highest BCUT2D eigenvalue weighted by Gasteiger charge is 2.28. The first-order valence-corrected chi connectivity index (χ1v) is 12.3. The van der Waals surface area contributed by atoms with E-state index in [0.717, 1.165) is 52.9 Å². The molecule has 0 saturated heterocycles. The van der Waals surface area contributed by atoms with Crippen LogP contribution in [0.25, 0.3) is 10.9 Å². The minimum Gasteiger partial charge on any atom is -0.497 e. The first-order chi connectivity index (χ1) is 17.1. The molecule has 0 spiro atoms. The Morgan fingerprint density at radius 3 is 2.60 bits per heavy atom. The molecule has 1 amide bonds. The number of H-pyrrole nitrogens is 1. The molecule has 2 heterocycles. The quantitative estimate of drug-likeness (QED) is 0.370. The van der Waals surface area contributed by atoms with Crippen molar-refractivity contribution in [3.05, 3.63) is 94.7 Å². The molecule has 3 aromatic carbocycles. The number of nitrogens with one attached hydrogen (secondary N) is 1. The molecular formula is C30H32N2O3. The van der Waals surface area contributed by atoms with Gasteiger partial charge < -0.3 is 19.4 Å². The number of methoxy groups -OCH3 is 2. The van der Waals surface area contributed by atoms with E-state index in [0.29, 0.717) is 13.0 Å². The third kappa shape index (κ3) is 4.39. The van der Waals surface area contributed by atoms with Crippen molar-refractivity contribution in [2.24, 2.45) is 0 Å². The molecular weight excluding hydrogens is 436 g/mol. The average Bonchev–Trinajstić information content (AvgIpc) is 3.35. The molecule has 0 radical (unpaired) electrons. The van der Waals surface area contributed by atoms with Crippen molar-refractivity contribution in [1.82, 2.24) is 9.88 Å². The minimum atomic E-state index is -0.151. The van der Waals surface area contributed by atoms with E-state index in [1.165, 1.54) is 16.7 Å². The number of rotatable bonds is 7. The van der Waals surface area contributed by atoms with Crippen LogP contribution >= 0.6 is 0 Å². The van der Waals surface area contributed by atoms with Crippen LogP contribution in [0.4, 0.5) is 0 Å². The van der Waals surface area contributed by atoms with Crippen molar-refractivity contribution >= 4 is 16.8 Å². The van der Waals surface area contributed by atoms with Gasteiger partial charge in [0.25, 0.3) is 0 Å². The molecule has 0 bridgehead atoms. The van der Waals surface area contributed by atoms with Gasteiger partial charge in [-0.05, 0) is 41.2 Å². The number of nitrogens with zero attached hydrogens (tertiary/aromatic N) is 1. The summed E-state index contributed by atoms with van der Waals surface area (Å²) < 4.78 is 11.2. The van der Waals surface area contributed by atoms with E-state index in [9.17, 15) is 4.79 Å². The maximum Gasteiger partial charge on any atom is 0.223 e. The Kier molecular flexibility index (Phi) is 6.49. The second kappa shape index (κ2) is 9.87. The number of carbonyl (C=O) groups is 1. The number of para-hydroxylation sites is 1. The average molecular weight is 469 g/mol. The predicted molar refractivity (Wildman–Crippen MR) is 139 cm³/mol. The number of aryl methyl sites for hydroxylation is 1. The normalized spacial score (nSPS) is 14.0. The molecule has 1 aliphatic rings. The van der Waals surface area contributed by atoms with Crippen molar-refractivity contribution in [3.8, 4) is 11.5 Å². The Balaban J connectivity index is 1.54. The van der Waals surface area contributed by atoms with E-state index in [1.54, 1.807) is 14.2 Å². The predicted octanol–water partition coefficient (Wildman–Crippen LogP) is 5.85. The van der Waals surface area contributed by atoms with Gasteiger partial charge in [0.2, 0.25) is 5.91 Å². The number of benzene rings is 3. The third-order valence-electron chi connectivity index (χ3n) is 7.27. The van der Waals surface area contributed by atoms with Gasteiger partial charge in [-0.2, -0.15) is 0 Å². The van der Waals surface area contributed by atoms with Gasteiger partial charge >= 0.3 is 0 Å². The highest BCUT2D eigenvalue weighted by molar-refractivity contribution is 5.88. The molecule has 0 fully saturated rings. The molecule has 180 valence electrons. The standard InChI is InChI=1S/C30H32N2O3/c1-4-20-10-7-11-25-27(18-31-30(20)25)26(24-13-12-23(34-2)16-28(24)35-3)17-29(33)32-15-14-21-8-5-6-9-22(21)19-32/h5-13,16,18,26,31H,4,14-15,17,19H2,1-3H3. The van der Waals surface area contributed by atoms with E-state index in [4.69, 9.17) is 9.47 Å². The van der Waals surface area contributed by atoms with Crippen molar-refractivity contribution in [2.75, 3.05) is 20.8 Å². The Labute approximate surface area is 206 Å². The smallest absolute Gasteiger partial charge is 0.223 e. The molecule has 5 nitrogen and oxygen atoms in total. The van der Waals surface area contributed by atoms with Gasteiger partial charge in [-0.1, -0.05) is 55.5 Å². The lowest BCUT2D eigenvalue weighted by Gasteiger charge is -2.30. The van der Waals surface area contributed by atoms with Crippen LogP contribution in [0.1, 0.15) is 47.1 Å². The maximum atomic E-state index is 13.7. The first kappa shape index (κ1) is 23.0. The van der Waals surface area contributed by atoms with Gasteiger partial charge in [-0.3, -0.25) is 4.79 Å². The number of hydrogen-bond donors (Lipinski definition) is 1. The van der Waals surface area contributed by atoms with E-state index in [1.807, 2.05) is 23.1 Å². The summed E-state index contributed by atoms with van der Waals surface area (Å²) in [7, 11) is 3.32. The fraction of sp³-hybridized carbons (Fsp3) is 0.300. The molecule has 1 N–H and O–H groups in total. The highest BCUT2D eigenvalue weighted by Crippen LogP contribution is 2.40. The zero-order valence-electron chi connectivity index (χ0n) is 20.6. The lowest BCUT2D eigenvalue weighted by Crippen LogP contribution is -2.36. The molecule has 5 rings (SSSR count). The van der Waals surface area contributed by atoms with Crippen LogP contribution in [0.15, 0.2) is 66.9 Å². The Bertz CT molecular complexity index is 1360. The summed E-state index contributed by atoms with van der Waals surface area (Å²) in [5.74, 6) is 1.47. The van der Waals surface area contributed by atoms with E-state index >= 15 is 0 Å². The maximum absolute atomic E-state index is 13.7. The lowest BCUT2D eigenvalue weighted by molar-refractivity contribution is -0.132. The van der Waals surface area contributed by atoms with Crippen molar-refractivity contribution in [2.45, 2.75) is 38.6 Å². The summed E-state index contributed by atoms with van der Waals surface area (Å²) in [6.45, 7) is 3.57. The van der Waals surface area contributed by atoms with Gasteiger partial charge in [0.1, 0.15) is 11.5 Å². The Morgan fingerprint density at radius 2 is 1.83 bits per heavy atom. The molecule has 1 atom stereocenters. The van der Waals surface area contributed by atoms with Crippen LogP contribution in [-0.4, -0.2) is 36.6 Å². The van der Waals surface area contributed by atoms with Gasteiger partial charge in [-0.15, -0.1) is 0 Å². The van der Waals surface area contributed by atoms with Crippen molar-refractivity contribution < 1.29 is 14.3 Å². The number of ether oxygens (including phenoxy) is 2. The molecule has 1 aliphatic heterocycles. The largest absolute Gasteiger partial charge is 0.497 e. The third-order valence-corrected chi connectivity index (χ3v) is 7.27. The number of fused-ring (bicyclic) bond motifs is 2. The van der Waals surface area contributed by atoms with E-state index in [2.05, 4.69) is 60.6 Å². The molecule has 1 unspecified atom stereocenters. The van der Waals surface area contributed by atoms with E-state index < -0.39 is 0 Å². The number of aromatic nitrogens is 1. The highest BCUT2D eigenvalue weighted by atomic mass is 16.5. The van der Waals surface area contributed by atoms with Gasteiger partial charge in [0.15, 0.2) is 0 Å². The van der Waals surface area contributed by atoms with Crippen molar-refractivity contribution in [1.29, 1.82) is 0 Å². The van der Waals surface area contributed by atoms with Gasteiger partial charge in [-0.25, -0.2) is 0 Å². The summed E-state index contributed by atoms with van der Waals surface area (Å²) >= 11 is 0. The van der Waals surface area contributed by atoms with Crippen LogP contribution in [0, 0.1) is 0 Å². The molecule has 4 aromatic rings. The van der Waals surface area contributed by atoms with Crippen LogP contribution < -0.4 is 9.47 Å². The topological polar surface area (TPSA) is 54.6 Å². The van der Waals surface area contributed by atoms with Gasteiger partial charge in [0, 0.05) is 54.2 Å². The second-order valence-corrected chi connectivity index (χ2v) is 9.14. The fourth-order valence-corrected chi connectivity index (χ4v) is 5.33. The van der Waals surface area contributed by atoms with Crippen LogP contribution in [0.2, 0.25) is 0 Å². The van der Waals surface area contributed by atoms with Crippen LogP contribution in [-0.2, 0) is 24.2 Å². The molecule has 1 aromatic heterocycles. The monoisotopic (exact) mass is 468 g/mol. The summed E-state index contributed by atoms with van der Waals surface area (Å²) in [6.07, 6.45) is 4.27. The number of hydrogen-bond acceptors (Lipinski definition) is 3. The second-order valence-electron chi connectivity index (χ2n) is 9.14. The summed E-state index contributed by atoms with van der Waals surface area (Å²) in [4.78, 5) is 19.2. The van der Waals surface area contributed by atoms with Gasteiger partial charge in [0.05, 0.1) is 14.2 Å². The summed E-state index contributed by atoms with van der Waals surface area (Å²) in [6, 6.07) is 20.7. The zero-order valence-corrected chi connectivity index (χ0v) is 20.6. The summed E-state index contributed by atoms with van der Waals surface area (Å²) in [5, 5.41) is 1.16. The number of carbonyl (C=O) groups excluding carboxylic acids is 1. The minimum absolute atomic E-state index is 0.151. The molecule has 5 heteroatoms. The van der Waals surface area contributed by atoms with Crippen molar-refractivity contribution in [3.63, 3.8) is 0 Å². The Morgan fingerprint density at radius 1 is 1.00 bits per heavy atom. The Hall–Kier alpha value is -3.73. The van der Waals surface area contributed by atoms with Crippen LogP contribution in [0.3, 0.4) is 0 Å². The SMILES string of the molecule is CCc1cccc2c(C(CC(=O)N3CCc4ccccc4C3)c3ccc(OC)cc3OC)c[nH]c12.